The zero-order valence-corrected chi connectivity index (χ0v) is 19.7. The van der Waals surface area contributed by atoms with Crippen molar-refractivity contribution in [1.29, 1.82) is 0 Å². The summed E-state index contributed by atoms with van der Waals surface area (Å²) in [4.78, 5) is 40.7. The van der Waals surface area contributed by atoms with Gasteiger partial charge in [-0.1, -0.05) is 20.8 Å². The molecule has 3 rings (SSSR count). The lowest BCUT2D eigenvalue weighted by Gasteiger charge is -2.34. The van der Waals surface area contributed by atoms with Crippen LogP contribution in [0.4, 0.5) is 20.2 Å². The van der Waals surface area contributed by atoms with Gasteiger partial charge in [0.15, 0.2) is 11.8 Å². The minimum atomic E-state index is -3.14. The number of anilines is 2. The van der Waals surface area contributed by atoms with Gasteiger partial charge in [0, 0.05) is 31.4 Å². The van der Waals surface area contributed by atoms with E-state index in [-0.39, 0.29) is 42.3 Å². The van der Waals surface area contributed by atoms with Gasteiger partial charge in [-0.25, -0.2) is 0 Å². The number of morpholine rings is 1. The number of carbonyl (C=O) groups is 3. The van der Waals surface area contributed by atoms with E-state index in [0.29, 0.717) is 19.0 Å². The van der Waals surface area contributed by atoms with Gasteiger partial charge in [0.25, 0.3) is 11.8 Å². The molecule has 3 amide bonds. The molecule has 188 valence electrons. The Bertz CT molecular complexity index is 917. The Hall–Kier alpha value is -2.79. The average molecular weight is 483 g/mol. The zero-order valence-electron chi connectivity index (χ0n) is 19.7. The predicted octanol–water partition coefficient (Wildman–Crippen LogP) is 2.20. The molecule has 2 aliphatic rings. The molecule has 0 radical (unpaired) electrons. The van der Waals surface area contributed by atoms with Crippen LogP contribution in [-0.2, 0) is 19.1 Å². The van der Waals surface area contributed by atoms with Crippen molar-refractivity contribution in [2.45, 2.75) is 46.3 Å². The number of nitrogens with zero attached hydrogens (tertiary/aromatic N) is 2. The second-order valence-corrected chi connectivity index (χ2v) is 9.89. The summed E-state index contributed by atoms with van der Waals surface area (Å²) in [6.45, 7) is 4.17. The van der Waals surface area contributed by atoms with Gasteiger partial charge in [-0.05, 0) is 36.3 Å². The maximum Gasteiger partial charge on any atom is 0.387 e. The normalized spacial score (nSPS) is 17.7. The first kappa shape index (κ1) is 25.8. The number of amides is 3. The van der Waals surface area contributed by atoms with Gasteiger partial charge >= 0.3 is 6.61 Å². The molecule has 1 saturated carbocycles. The fraction of sp³-hybridized carbons (Fsp3) is 0.609. The number of hydrogen-bond acceptors (Lipinski definition) is 6. The van der Waals surface area contributed by atoms with E-state index < -0.39 is 30.4 Å². The predicted molar refractivity (Wildman–Crippen MR) is 122 cm³/mol. The van der Waals surface area contributed by atoms with E-state index in [0.717, 1.165) is 12.8 Å². The zero-order chi connectivity index (χ0) is 25.0. The molecule has 9 nitrogen and oxygen atoms in total. The van der Waals surface area contributed by atoms with Gasteiger partial charge in [-0.2, -0.15) is 8.78 Å². The van der Waals surface area contributed by atoms with Gasteiger partial charge in [-0.3, -0.25) is 19.3 Å². The van der Waals surface area contributed by atoms with E-state index in [9.17, 15) is 23.2 Å². The van der Waals surface area contributed by atoms with Gasteiger partial charge in [0.1, 0.15) is 6.61 Å². The number of rotatable bonds is 10. The number of hydrogen-bond donors (Lipinski definition) is 2. The minimum absolute atomic E-state index is 0.137. The Kier molecular flexibility index (Phi) is 8.09. The Balaban J connectivity index is 1.84. The molecule has 1 aromatic rings. The Morgan fingerprint density at radius 3 is 2.59 bits per heavy atom. The number of alkyl halides is 2. The maximum absolute atomic E-state index is 13.1. The third-order valence-electron chi connectivity index (χ3n) is 5.47. The first-order valence-corrected chi connectivity index (χ1v) is 11.3. The number of halogens is 2. The van der Waals surface area contributed by atoms with Gasteiger partial charge in [0.2, 0.25) is 5.91 Å². The van der Waals surface area contributed by atoms with Crippen molar-refractivity contribution in [1.82, 2.24) is 4.90 Å². The third-order valence-corrected chi connectivity index (χ3v) is 5.47. The number of carbonyl (C=O) groups excluding carboxylic acids is 3. The number of ether oxygens (including phenoxy) is 2. The molecule has 3 N–H and O–H groups in total. The molecule has 0 aromatic heterocycles. The molecule has 0 spiro atoms. The molecule has 1 aromatic carbocycles. The second-order valence-electron chi connectivity index (χ2n) is 9.89. The van der Waals surface area contributed by atoms with Crippen molar-refractivity contribution in [2.75, 3.05) is 43.1 Å². The lowest BCUT2D eigenvalue weighted by atomic mass is 9.94. The highest BCUT2D eigenvalue weighted by Crippen LogP contribution is 2.34. The maximum atomic E-state index is 13.1. The van der Waals surface area contributed by atoms with Crippen LogP contribution in [0.1, 0.15) is 33.6 Å². The number of nitrogens with one attached hydrogen (secondary N) is 1. The Labute approximate surface area is 197 Å². The van der Waals surface area contributed by atoms with Crippen molar-refractivity contribution in [3.05, 3.63) is 18.2 Å². The third kappa shape index (κ3) is 7.10. The van der Waals surface area contributed by atoms with Crippen LogP contribution >= 0.6 is 0 Å². The summed E-state index contributed by atoms with van der Waals surface area (Å²) >= 11 is 0. The van der Waals surface area contributed by atoms with Crippen molar-refractivity contribution in [2.24, 2.45) is 17.1 Å². The molecule has 0 bridgehead atoms. The molecule has 1 atom stereocenters. The fourth-order valence-corrected chi connectivity index (χ4v) is 3.97. The van der Waals surface area contributed by atoms with Gasteiger partial charge in [0.05, 0.1) is 12.3 Å². The molecule has 2 fully saturated rings. The minimum Gasteiger partial charge on any atom is -0.433 e. The summed E-state index contributed by atoms with van der Waals surface area (Å²) in [5, 5.41) is 2.60. The van der Waals surface area contributed by atoms with E-state index in [4.69, 9.17) is 10.5 Å². The fourth-order valence-electron chi connectivity index (χ4n) is 3.97. The Morgan fingerprint density at radius 2 is 2.03 bits per heavy atom. The van der Waals surface area contributed by atoms with Crippen LogP contribution in [0.5, 0.6) is 5.75 Å². The van der Waals surface area contributed by atoms with E-state index >= 15 is 0 Å². The van der Waals surface area contributed by atoms with E-state index in [2.05, 4.69) is 10.1 Å². The lowest BCUT2D eigenvalue weighted by molar-refractivity contribution is -0.133. The number of benzene rings is 1. The monoisotopic (exact) mass is 482 g/mol. The van der Waals surface area contributed by atoms with E-state index in [1.165, 1.54) is 23.1 Å². The molecule has 1 aliphatic heterocycles. The second kappa shape index (κ2) is 10.6. The van der Waals surface area contributed by atoms with Crippen LogP contribution in [0.3, 0.4) is 0 Å². The summed E-state index contributed by atoms with van der Waals surface area (Å²) in [7, 11) is 0. The summed E-state index contributed by atoms with van der Waals surface area (Å²) in [6, 6.07) is 2.85. The summed E-state index contributed by atoms with van der Waals surface area (Å²) in [6.07, 6.45) is 2.06. The molecule has 1 aliphatic carbocycles. The molecular weight excluding hydrogens is 450 g/mol. The van der Waals surface area contributed by atoms with Gasteiger partial charge in [-0.15, -0.1) is 0 Å². The first-order chi connectivity index (χ1) is 15.9. The molecular formula is C23H32F2N4O5. The summed E-state index contributed by atoms with van der Waals surface area (Å²) in [5.41, 5.74) is 5.71. The number of primary amides is 1. The van der Waals surface area contributed by atoms with Crippen LogP contribution in [0.2, 0.25) is 0 Å². The molecule has 0 unspecified atom stereocenters. The van der Waals surface area contributed by atoms with Crippen LogP contribution in [-0.4, -0.2) is 68.1 Å². The quantitative estimate of drug-likeness (QED) is 0.494. The van der Waals surface area contributed by atoms with Crippen LogP contribution in [0.15, 0.2) is 18.2 Å². The lowest BCUT2D eigenvalue weighted by Crippen LogP contribution is -2.54. The Morgan fingerprint density at radius 1 is 1.32 bits per heavy atom. The van der Waals surface area contributed by atoms with Crippen molar-refractivity contribution in [3.63, 3.8) is 0 Å². The highest BCUT2D eigenvalue weighted by Gasteiger charge is 2.37. The van der Waals surface area contributed by atoms with Crippen molar-refractivity contribution < 1.29 is 32.6 Å². The van der Waals surface area contributed by atoms with Gasteiger partial charge < -0.3 is 25.4 Å². The van der Waals surface area contributed by atoms with Crippen molar-refractivity contribution >= 4 is 29.1 Å². The number of nitrogens with two attached hydrogens (primary N) is 1. The van der Waals surface area contributed by atoms with Crippen LogP contribution in [0.25, 0.3) is 0 Å². The van der Waals surface area contributed by atoms with Crippen molar-refractivity contribution in [3.8, 4) is 5.75 Å². The summed E-state index contributed by atoms with van der Waals surface area (Å²) in [5.74, 6) is -1.71. The molecule has 34 heavy (non-hydrogen) atoms. The smallest absolute Gasteiger partial charge is 0.387 e. The van der Waals surface area contributed by atoms with Crippen LogP contribution in [0, 0.1) is 11.3 Å². The molecule has 11 heteroatoms. The first-order valence-electron chi connectivity index (χ1n) is 11.3. The average Bonchev–Trinajstić information content (AvgIpc) is 3.51. The van der Waals surface area contributed by atoms with E-state index in [1.54, 1.807) is 4.90 Å². The van der Waals surface area contributed by atoms with E-state index in [1.807, 2.05) is 20.8 Å². The highest BCUT2D eigenvalue weighted by atomic mass is 19.3. The SMILES string of the molecule is CC(C)(C)CN(CC1CC1)[C@@H](C(N)=O)C(=O)Nc1ccc(N2CCOCC2=O)c(OC(F)F)c1. The largest absolute Gasteiger partial charge is 0.433 e. The van der Waals surface area contributed by atoms with Crippen LogP contribution < -0.4 is 20.7 Å². The molecule has 1 saturated heterocycles. The highest BCUT2D eigenvalue weighted by molar-refractivity contribution is 6.09. The molecule has 1 heterocycles. The standard InChI is InChI=1S/C23H32F2N4O5/c1-23(2,3)13-28(11-14-4-5-14)19(20(26)31)21(32)27-15-6-7-16(17(10-15)34-22(24)25)29-8-9-33-12-18(29)30/h6-7,10,14,19,22H,4-5,8-9,11-13H2,1-3H3,(H2,26,31)(H,27,32)/t19-/m0/s1. The topological polar surface area (TPSA) is 114 Å². The summed E-state index contributed by atoms with van der Waals surface area (Å²) < 4.78 is 35.9.